The quantitative estimate of drug-likeness (QED) is 0.854. The van der Waals surface area contributed by atoms with Gasteiger partial charge in [0.1, 0.15) is 5.69 Å². The molecule has 0 saturated carbocycles. The van der Waals surface area contributed by atoms with Crippen molar-refractivity contribution in [1.82, 2.24) is 20.0 Å². The van der Waals surface area contributed by atoms with E-state index in [0.717, 1.165) is 25.8 Å². The maximum atomic E-state index is 12.5. The number of carbonyl (C=O) groups excluding carboxylic acids is 1. The zero-order valence-electron chi connectivity index (χ0n) is 12.2. The molecule has 0 unspecified atom stereocenters. The van der Waals surface area contributed by atoms with Crippen molar-refractivity contribution in [2.24, 2.45) is 5.41 Å². The topological polar surface area (TPSA) is 72.5 Å². The molecule has 2 fully saturated rings. The van der Waals surface area contributed by atoms with Crippen molar-refractivity contribution in [2.75, 3.05) is 33.3 Å². The summed E-state index contributed by atoms with van der Waals surface area (Å²) in [6, 6.07) is 0.204. The van der Waals surface area contributed by atoms with Crippen LogP contribution in [0.15, 0.2) is 6.20 Å². The van der Waals surface area contributed by atoms with Gasteiger partial charge in [0.25, 0.3) is 5.91 Å². The van der Waals surface area contributed by atoms with Gasteiger partial charge in [-0.05, 0) is 32.9 Å². The van der Waals surface area contributed by atoms with Gasteiger partial charge in [-0.1, -0.05) is 11.6 Å². The number of rotatable bonds is 2. The minimum Gasteiger partial charge on any atom is -0.396 e. The zero-order chi connectivity index (χ0) is 15.0. The molecule has 6 nitrogen and oxygen atoms in total. The van der Waals surface area contributed by atoms with Crippen molar-refractivity contribution >= 4 is 17.5 Å². The molecule has 2 N–H and O–H groups in total. The first-order valence-electron chi connectivity index (χ1n) is 7.37. The van der Waals surface area contributed by atoms with Gasteiger partial charge in [-0.15, -0.1) is 0 Å². The molecular formula is C14H21ClN4O2. The molecule has 3 rings (SSSR count). The van der Waals surface area contributed by atoms with E-state index >= 15 is 0 Å². The van der Waals surface area contributed by atoms with Crippen molar-refractivity contribution < 1.29 is 9.90 Å². The van der Waals surface area contributed by atoms with Crippen LogP contribution in [0, 0.1) is 5.41 Å². The number of aromatic nitrogens is 2. The number of amides is 1. The van der Waals surface area contributed by atoms with E-state index in [1.54, 1.807) is 0 Å². The number of fused-ring (bicyclic) bond motifs is 1. The Labute approximate surface area is 129 Å². The second-order valence-electron chi connectivity index (χ2n) is 6.21. The summed E-state index contributed by atoms with van der Waals surface area (Å²) >= 11 is 5.98. The van der Waals surface area contributed by atoms with Gasteiger partial charge < -0.3 is 14.9 Å². The number of nitrogens with one attached hydrogen (secondary N) is 1. The molecule has 21 heavy (non-hydrogen) atoms. The van der Waals surface area contributed by atoms with Crippen molar-refractivity contribution in [2.45, 2.75) is 25.3 Å². The Kier molecular flexibility index (Phi) is 3.94. The molecule has 0 aromatic carbocycles. The van der Waals surface area contributed by atoms with E-state index < -0.39 is 0 Å². The van der Waals surface area contributed by atoms with E-state index in [9.17, 15) is 9.90 Å². The van der Waals surface area contributed by atoms with Crippen LogP contribution in [-0.4, -0.2) is 70.3 Å². The summed E-state index contributed by atoms with van der Waals surface area (Å²) in [6.45, 7) is 2.48. The Morgan fingerprint density at radius 2 is 2.38 bits per heavy atom. The average molecular weight is 313 g/mol. The van der Waals surface area contributed by atoms with Crippen LogP contribution in [0.4, 0.5) is 0 Å². The van der Waals surface area contributed by atoms with E-state index in [1.165, 1.54) is 6.20 Å². The summed E-state index contributed by atoms with van der Waals surface area (Å²) in [5.74, 6) is -0.108. The maximum absolute atomic E-state index is 12.5. The fourth-order valence-corrected chi connectivity index (χ4v) is 3.95. The first-order chi connectivity index (χ1) is 10.1. The van der Waals surface area contributed by atoms with Crippen molar-refractivity contribution in [3.8, 4) is 0 Å². The number of likely N-dealkylation sites (N-methyl/N-ethyl adjacent to an activating group) is 1. The number of aliphatic hydroxyl groups is 1. The Morgan fingerprint density at radius 1 is 1.57 bits per heavy atom. The predicted octanol–water partition coefficient (Wildman–Crippen LogP) is 0.982. The third-order valence-corrected chi connectivity index (χ3v) is 5.39. The van der Waals surface area contributed by atoms with E-state index in [2.05, 4.69) is 22.1 Å². The standard InChI is InChI=1S/C14H21ClN4O2/c1-18-5-2-3-14(9-20)4-6-19(8-11(14)18)13(21)12-10(15)7-16-17-12/h7,11,20H,2-6,8-9H2,1H3,(H,16,17)/t11-,14-/m1/s1. The molecule has 2 aliphatic heterocycles. The molecular weight excluding hydrogens is 292 g/mol. The van der Waals surface area contributed by atoms with Crippen molar-refractivity contribution in [3.05, 3.63) is 16.9 Å². The molecule has 1 amide bonds. The van der Waals surface area contributed by atoms with Crippen molar-refractivity contribution in [3.63, 3.8) is 0 Å². The Morgan fingerprint density at radius 3 is 3.05 bits per heavy atom. The van der Waals surface area contributed by atoms with E-state index in [0.29, 0.717) is 23.8 Å². The number of carbonyl (C=O) groups is 1. The molecule has 0 radical (unpaired) electrons. The van der Waals surface area contributed by atoms with Gasteiger partial charge in [-0.3, -0.25) is 9.89 Å². The Balaban J connectivity index is 1.80. The minimum absolute atomic E-state index is 0.0679. The Bertz CT molecular complexity index is 535. The number of H-pyrrole nitrogens is 1. The Hall–Kier alpha value is -1.11. The van der Waals surface area contributed by atoms with E-state index in [1.807, 2.05) is 4.90 Å². The zero-order valence-corrected chi connectivity index (χ0v) is 12.9. The molecule has 0 spiro atoms. The second kappa shape index (κ2) is 5.59. The van der Waals surface area contributed by atoms with Gasteiger partial charge in [-0.2, -0.15) is 5.10 Å². The first kappa shape index (κ1) is 14.8. The highest BCUT2D eigenvalue weighted by atomic mass is 35.5. The van der Waals surface area contributed by atoms with E-state index in [-0.39, 0.29) is 24.0 Å². The lowest BCUT2D eigenvalue weighted by atomic mass is 9.69. The van der Waals surface area contributed by atoms with Crippen LogP contribution < -0.4 is 0 Å². The molecule has 116 valence electrons. The summed E-state index contributed by atoms with van der Waals surface area (Å²) in [4.78, 5) is 16.6. The van der Waals surface area contributed by atoms with Crippen LogP contribution in [0.1, 0.15) is 29.8 Å². The van der Waals surface area contributed by atoms with Crippen LogP contribution in [0.5, 0.6) is 0 Å². The average Bonchev–Trinajstić information content (AvgIpc) is 2.92. The molecule has 0 aliphatic carbocycles. The summed E-state index contributed by atoms with van der Waals surface area (Å²) in [6.07, 6.45) is 4.42. The van der Waals surface area contributed by atoms with Gasteiger partial charge in [0.2, 0.25) is 0 Å². The number of halogens is 1. The fourth-order valence-electron chi connectivity index (χ4n) is 3.78. The predicted molar refractivity (Wildman–Crippen MR) is 79.3 cm³/mol. The molecule has 3 heterocycles. The number of hydrogen-bond donors (Lipinski definition) is 2. The third kappa shape index (κ3) is 2.45. The van der Waals surface area contributed by atoms with Gasteiger partial charge >= 0.3 is 0 Å². The molecule has 2 atom stereocenters. The third-order valence-electron chi connectivity index (χ3n) is 5.11. The highest BCUT2D eigenvalue weighted by molar-refractivity contribution is 6.33. The number of piperidine rings is 2. The number of nitrogens with zero attached hydrogens (tertiary/aromatic N) is 3. The smallest absolute Gasteiger partial charge is 0.273 e. The van der Waals surface area contributed by atoms with Crippen LogP contribution in [-0.2, 0) is 0 Å². The van der Waals surface area contributed by atoms with Crippen LogP contribution >= 0.6 is 11.6 Å². The van der Waals surface area contributed by atoms with Crippen molar-refractivity contribution in [1.29, 1.82) is 0 Å². The SMILES string of the molecule is CN1CCC[C@]2(CO)CCN(C(=O)c3[nH]ncc3Cl)C[C@@H]12. The van der Waals surface area contributed by atoms with Crippen LogP contribution in [0.3, 0.4) is 0 Å². The molecule has 2 saturated heterocycles. The first-order valence-corrected chi connectivity index (χ1v) is 7.74. The van der Waals surface area contributed by atoms with Crippen LogP contribution in [0.2, 0.25) is 5.02 Å². The van der Waals surface area contributed by atoms with Gasteiger partial charge in [0.15, 0.2) is 0 Å². The lowest BCUT2D eigenvalue weighted by Crippen LogP contribution is -2.62. The number of likely N-dealkylation sites (tertiary alicyclic amines) is 2. The molecule has 7 heteroatoms. The maximum Gasteiger partial charge on any atom is 0.273 e. The number of aromatic amines is 1. The van der Waals surface area contributed by atoms with Gasteiger partial charge in [0, 0.05) is 24.5 Å². The largest absolute Gasteiger partial charge is 0.396 e. The summed E-state index contributed by atoms with van der Waals surface area (Å²) in [7, 11) is 2.07. The van der Waals surface area contributed by atoms with Crippen LogP contribution in [0.25, 0.3) is 0 Å². The molecule has 1 aromatic heterocycles. The monoisotopic (exact) mass is 312 g/mol. The number of aliphatic hydroxyl groups excluding tert-OH is 1. The lowest BCUT2D eigenvalue weighted by Gasteiger charge is -2.53. The minimum atomic E-state index is -0.108. The molecule has 1 aromatic rings. The highest BCUT2D eigenvalue weighted by Crippen LogP contribution is 2.41. The summed E-state index contributed by atoms with van der Waals surface area (Å²) in [5, 5.41) is 16.7. The normalized spacial score (nSPS) is 30.2. The molecule has 0 bridgehead atoms. The fraction of sp³-hybridized carbons (Fsp3) is 0.714. The van der Waals surface area contributed by atoms with E-state index in [4.69, 9.17) is 11.6 Å². The van der Waals surface area contributed by atoms with Gasteiger partial charge in [0.05, 0.1) is 17.8 Å². The second-order valence-corrected chi connectivity index (χ2v) is 6.62. The summed E-state index contributed by atoms with van der Waals surface area (Å²) < 4.78 is 0. The lowest BCUT2D eigenvalue weighted by molar-refractivity contribution is -0.0602. The van der Waals surface area contributed by atoms with Gasteiger partial charge in [-0.25, -0.2) is 0 Å². The number of hydrogen-bond acceptors (Lipinski definition) is 4. The highest BCUT2D eigenvalue weighted by Gasteiger charge is 2.47. The molecule has 2 aliphatic rings. The summed E-state index contributed by atoms with van der Waals surface area (Å²) in [5.41, 5.74) is 0.285.